The van der Waals surface area contributed by atoms with Crippen LogP contribution in [0.3, 0.4) is 0 Å². The summed E-state index contributed by atoms with van der Waals surface area (Å²) in [7, 11) is 0. The van der Waals surface area contributed by atoms with Gasteiger partial charge in [0.2, 0.25) is 0 Å². The first-order valence-electron chi connectivity index (χ1n) is 4.30. The van der Waals surface area contributed by atoms with Gasteiger partial charge in [0.25, 0.3) is 0 Å². The summed E-state index contributed by atoms with van der Waals surface area (Å²) >= 11 is 0. The number of aldehydes is 1. The second-order valence-electron chi connectivity index (χ2n) is 2.95. The molecule has 0 aliphatic rings. The summed E-state index contributed by atoms with van der Waals surface area (Å²) in [5.41, 5.74) is 0.0484. The van der Waals surface area contributed by atoms with Crippen molar-refractivity contribution in [3.05, 3.63) is 35.9 Å². The molecule has 0 saturated carbocycles. The van der Waals surface area contributed by atoms with Crippen LogP contribution in [0.15, 0.2) is 24.3 Å². The van der Waals surface area contributed by atoms with Gasteiger partial charge in [0.1, 0.15) is 5.60 Å². The molecule has 0 heterocycles. The second kappa shape index (κ2) is 4.19. The minimum absolute atomic E-state index is 0.522. The molecule has 1 aromatic carbocycles. The van der Waals surface area contributed by atoms with Crippen LogP contribution in [0.4, 0.5) is 0 Å². The predicted octanol–water partition coefficient (Wildman–Crippen LogP) is 1.94. The number of rotatable bonds is 4. The molecule has 1 radical (unpaired) electrons. The molecule has 1 aromatic rings. The third-order valence-corrected chi connectivity index (χ3v) is 1.96. The highest BCUT2D eigenvalue weighted by atomic mass is 16.5. The lowest BCUT2D eigenvalue weighted by atomic mass is 9.98. The van der Waals surface area contributed by atoms with Crippen LogP contribution in [0, 0.1) is 6.07 Å². The summed E-state index contributed by atoms with van der Waals surface area (Å²) in [6.45, 7) is 4.16. The maximum atomic E-state index is 10.9. The van der Waals surface area contributed by atoms with Crippen LogP contribution >= 0.6 is 0 Å². The van der Waals surface area contributed by atoms with Crippen LogP contribution in [-0.4, -0.2) is 12.9 Å². The fourth-order valence-corrected chi connectivity index (χ4v) is 1.20. The molecule has 2 nitrogen and oxygen atoms in total. The van der Waals surface area contributed by atoms with E-state index >= 15 is 0 Å². The van der Waals surface area contributed by atoms with Gasteiger partial charge in [0.05, 0.1) is 0 Å². The maximum Gasteiger partial charge on any atom is 0.156 e. The van der Waals surface area contributed by atoms with E-state index in [0.29, 0.717) is 6.61 Å². The van der Waals surface area contributed by atoms with E-state index in [0.717, 1.165) is 11.8 Å². The molecule has 0 amide bonds. The Kier molecular flexibility index (Phi) is 3.20. The summed E-state index contributed by atoms with van der Waals surface area (Å²) in [4.78, 5) is 10.9. The maximum absolute atomic E-state index is 10.9. The zero-order chi connectivity index (χ0) is 9.73. The van der Waals surface area contributed by atoms with Crippen LogP contribution in [0.2, 0.25) is 0 Å². The Labute approximate surface area is 78.5 Å². The minimum atomic E-state index is -0.816. The van der Waals surface area contributed by atoms with Gasteiger partial charge in [-0.25, -0.2) is 0 Å². The first kappa shape index (κ1) is 9.93. The standard InChI is InChI=1S/C11H13O2/c1-3-13-11(2,9-12)10-7-5-4-6-8-10/h5-9H,3H2,1-2H3. The van der Waals surface area contributed by atoms with E-state index < -0.39 is 5.60 Å². The number of carbonyl (C=O) groups excluding carboxylic acids is 1. The molecule has 0 aliphatic heterocycles. The molecule has 0 bridgehead atoms. The van der Waals surface area contributed by atoms with Gasteiger partial charge in [-0.1, -0.05) is 24.3 Å². The Morgan fingerprint density at radius 2 is 2.15 bits per heavy atom. The molecule has 2 heteroatoms. The summed E-state index contributed by atoms with van der Waals surface area (Å²) in [6.07, 6.45) is 0.825. The monoisotopic (exact) mass is 177 g/mol. The average Bonchev–Trinajstić information content (AvgIpc) is 2.19. The molecule has 1 rings (SSSR count). The van der Waals surface area contributed by atoms with Gasteiger partial charge in [-0.3, -0.25) is 4.79 Å². The van der Waals surface area contributed by atoms with Gasteiger partial charge in [-0.05, 0) is 25.5 Å². The van der Waals surface area contributed by atoms with Crippen molar-refractivity contribution in [1.29, 1.82) is 0 Å². The highest BCUT2D eigenvalue weighted by Gasteiger charge is 2.25. The number of hydrogen-bond donors (Lipinski definition) is 0. The zero-order valence-corrected chi connectivity index (χ0v) is 7.91. The Morgan fingerprint density at radius 1 is 1.54 bits per heavy atom. The van der Waals surface area contributed by atoms with Crippen molar-refractivity contribution in [2.75, 3.05) is 6.61 Å². The van der Waals surface area contributed by atoms with Crippen molar-refractivity contribution >= 4 is 6.29 Å². The van der Waals surface area contributed by atoms with Crippen molar-refractivity contribution < 1.29 is 9.53 Å². The fourth-order valence-electron chi connectivity index (χ4n) is 1.20. The average molecular weight is 177 g/mol. The number of benzene rings is 1. The highest BCUT2D eigenvalue weighted by molar-refractivity contribution is 5.65. The number of carbonyl (C=O) groups is 1. The zero-order valence-electron chi connectivity index (χ0n) is 7.91. The van der Waals surface area contributed by atoms with E-state index in [1.54, 1.807) is 19.1 Å². The molecular weight excluding hydrogens is 164 g/mol. The first-order chi connectivity index (χ1) is 6.23. The topological polar surface area (TPSA) is 26.3 Å². The van der Waals surface area contributed by atoms with Crippen LogP contribution in [0.1, 0.15) is 19.4 Å². The van der Waals surface area contributed by atoms with Gasteiger partial charge >= 0.3 is 0 Å². The summed E-state index contributed by atoms with van der Waals surface area (Å²) < 4.78 is 5.38. The quantitative estimate of drug-likeness (QED) is 0.657. The van der Waals surface area contributed by atoms with E-state index in [-0.39, 0.29) is 0 Å². The molecule has 1 atom stereocenters. The summed E-state index contributed by atoms with van der Waals surface area (Å²) in [5.74, 6) is 0. The van der Waals surface area contributed by atoms with E-state index in [1.807, 2.05) is 19.1 Å². The lowest BCUT2D eigenvalue weighted by Crippen LogP contribution is -2.27. The van der Waals surface area contributed by atoms with Crippen molar-refractivity contribution in [2.45, 2.75) is 19.4 Å². The fraction of sp³-hybridized carbons (Fsp3) is 0.364. The summed E-state index contributed by atoms with van der Waals surface area (Å²) in [6, 6.07) is 10.1. The molecule has 0 N–H and O–H groups in total. The Bertz CT molecular complexity index is 269. The molecule has 0 spiro atoms. The van der Waals surface area contributed by atoms with Crippen LogP contribution in [-0.2, 0) is 15.1 Å². The van der Waals surface area contributed by atoms with Crippen molar-refractivity contribution in [2.24, 2.45) is 0 Å². The molecule has 0 fully saturated rings. The highest BCUT2D eigenvalue weighted by Crippen LogP contribution is 2.21. The normalized spacial score (nSPS) is 14.9. The third kappa shape index (κ3) is 2.16. The summed E-state index contributed by atoms with van der Waals surface area (Å²) in [5, 5.41) is 0. The van der Waals surface area contributed by atoms with Crippen molar-refractivity contribution in [3.63, 3.8) is 0 Å². The van der Waals surface area contributed by atoms with Crippen molar-refractivity contribution in [1.82, 2.24) is 0 Å². The van der Waals surface area contributed by atoms with Gasteiger partial charge < -0.3 is 4.74 Å². The van der Waals surface area contributed by atoms with Gasteiger partial charge in [-0.15, -0.1) is 0 Å². The van der Waals surface area contributed by atoms with Gasteiger partial charge in [0.15, 0.2) is 6.29 Å². The van der Waals surface area contributed by atoms with Gasteiger partial charge in [-0.2, -0.15) is 0 Å². The van der Waals surface area contributed by atoms with Crippen molar-refractivity contribution in [3.8, 4) is 0 Å². The van der Waals surface area contributed by atoms with E-state index in [4.69, 9.17) is 4.74 Å². The second-order valence-corrected chi connectivity index (χ2v) is 2.95. The van der Waals surface area contributed by atoms with E-state index in [9.17, 15) is 4.79 Å². The van der Waals surface area contributed by atoms with E-state index in [1.165, 1.54) is 0 Å². The number of hydrogen-bond acceptors (Lipinski definition) is 2. The van der Waals surface area contributed by atoms with Crippen LogP contribution in [0.5, 0.6) is 0 Å². The minimum Gasteiger partial charge on any atom is -0.363 e. The molecule has 0 aromatic heterocycles. The molecule has 13 heavy (non-hydrogen) atoms. The number of ether oxygens (including phenoxy) is 1. The molecule has 69 valence electrons. The third-order valence-electron chi connectivity index (χ3n) is 1.96. The smallest absolute Gasteiger partial charge is 0.156 e. The Balaban J connectivity index is 2.95. The molecular formula is C11H13O2. The van der Waals surface area contributed by atoms with Crippen LogP contribution in [0.25, 0.3) is 0 Å². The molecule has 0 saturated heterocycles. The van der Waals surface area contributed by atoms with Crippen LogP contribution < -0.4 is 0 Å². The molecule has 0 aliphatic carbocycles. The lowest BCUT2D eigenvalue weighted by molar-refractivity contribution is -0.129. The lowest BCUT2D eigenvalue weighted by Gasteiger charge is -2.23. The Morgan fingerprint density at radius 3 is 2.62 bits per heavy atom. The van der Waals surface area contributed by atoms with Gasteiger partial charge in [0, 0.05) is 6.61 Å². The molecule has 1 unspecified atom stereocenters. The SMILES string of the molecule is CCOC(C)(C=O)c1cc[c]cc1. The first-order valence-corrected chi connectivity index (χ1v) is 4.30. The Hall–Kier alpha value is -1.15. The van der Waals surface area contributed by atoms with E-state index in [2.05, 4.69) is 6.07 Å². The predicted molar refractivity (Wildman–Crippen MR) is 50.3 cm³/mol. The largest absolute Gasteiger partial charge is 0.363 e.